The number of hydrogen-bond acceptors (Lipinski definition) is 3. The Morgan fingerprint density at radius 1 is 1.33 bits per heavy atom. The van der Waals surface area contributed by atoms with E-state index in [2.05, 4.69) is 11.8 Å². The third kappa shape index (κ3) is 3.98. The quantitative estimate of drug-likeness (QED) is 0.879. The van der Waals surface area contributed by atoms with Crippen LogP contribution >= 0.6 is 0 Å². The van der Waals surface area contributed by atoms with Crippen molar-refractivity contribution >= 4 is 5.91 Å². The maximum absolute atomic E-state index is 12.4. The van der Waals surface area contributed by atoms with Crippen molar-refractivity contribution in [3.63, 3.8) is 0 Å². The van der Waals surface area contributed by atoms with Crippen LogP contribution in [0.25, 0.3) is 0 Å². The van der Waals surface area contributed by atoms with Crippen LogP contribution in [0.4, 0.5) is 0 Å². The molecule has 1 aromatic heterocycles. The Kier molecular flexibility index (Phi) is 4.81. The highest BCUT2D eigenvalue weighted by Crippen LogP contribution is 2.12. The average molecular weight is 283 g/mol. The van der Waals surface area contributed by atoms with Gasteiger partial charge >= 0.3 is 0 Å². The third-order valence-electron chi connectivity index (χ3n) is 2.96. The van der Waals surface area contributed by atoms with E-state index in [4.69, 9.17) is 9.52 Å². The number of rotatable bonds is 3. The van der Waals surface area contributed by atoms with Gasteiger partial charge in [-0.1, -0.05) is 17.9 Å². The van der Waals surface area contributed by atoms with Crippen LogP contribution in [0, 0.1) is 18.8 Å². The molecule has 1 N–H and O–H groups in total. The molecule has 0 radical (unpaired) electrons. The van der Waals surface area contributed by atoms with Crippen molar-refractivity contribution in [3.05, 3.63) is 59.0 Å². The summed E-state index contributed by atoms with van der Waals surface area (Å²) in [6, 6.07) is 10.8. The summed E-state index contributed by atoms with van der Waals surface area (Å²) in [6.07, 6.45) is 0. The Morgan fingerprint density at radius 2 is 2.14 bits per heavy atom. The first-order chi connectivity index (χ1) is 10.1. The van der Waals surface area contributed by atoms with Crippen molar-refractivity contribution in [3.8, 4) is 11.8 Å². The molecular weight excluding hydrogens is 266 g/mol. The van der Waals surface area contributed by atoms with E-state index < -0.39 is 0 Å². The number of hydrogen-bond donors (Lipinski definition) is 1. The highest BCUT2D eigenvalue weighted by molar-refractivity contribution is 5.94. The summed E-state index contributed by atoms with van der Waals surface area (Å²) in [7, 11) is 1.73. The Hall–Kier alpha value is -2.51. The first-order valence-electron chi connectivity index (χ1n) is 6.60. The number of carbonyl (C=O) groups is 1. The summed E-state index contributed by atoms with van der Waals surface area (Å²) in [5, 5.41) is 8.70. The molecule has 0 aliphatic heterocycles. The molecule has 0 saturated carbocycles. The summed E-state index contributed by atoms with van der Waals surface area (Å²) in [5.41, 5.74) is 1.27. The van der Waals surface area contributed by atoms with Gasteiger partial charge in [-0.3, -0.25) is 4.79 Å². The molecule has 0 spiro atoms. The molecule has 0 unspecified atom stereocenters. The number of aliphatic hydroxyl groups is 1. The second kappa shape index (κ2) is 6.78. The van der Waals surface area contributed by atoms with Crippen LogP contribution in [-0.4, -0.2) is 29.6 Å². The molecule has 2 aromatic rings. The predicted octanol–water partition coefficient (Wildman–Crippen LogP) is 2.20. The van der Waals surface area contributed by atoms with Gasteiger partial charge in [0.1, 0.15) is 18.1 Å². The van der Waals surface area contributed by atoms with Crippen molar-refractivity contribution in [2.24, 2.45) is 0 Å². The van der Waals surface area contributed by atoms with Crippen molar-refractivity contribution in [2.45, 2.75) is 13.5 Å². The lowest BCUT2D eigenvalue weighted by molar-refractivity contribution is 0.0775. The standard InChI is InChI=1S/C17H17NO3/c1-13-8-9-16(21-13)12-18(2)17(20)15-7-3-5-14(11-15)6-4-10-19/h3,5,7-9,11,19H,10,12H2,1-2H3. The van der Waals surface area contributed by atoms with Gasteiger partial charge in [0.15, 0.2) is 0 Å². The van der Waals surface area contributed by atoms with Crippen LogP contribution in [0.5, 0.6) is 0 Å². The minimum atomic E-state index is -0.198. The van der Waals surface area contributed by atoms with E-state index in [0.29, 0.717) is 17.7 Å². The number of benzene rings is 1. The first-order valence-corrected chi connectivity index (χ1v) is 6.60. The molecule has 21 heavy (non-hydrogen) atoms. The molecule has 4 nitrogen and oxygen atoms in total. The molecule has 0 saturated heterocycles. The van der Waals surface area contributed by atoms with Crippen LogP contribution in [0.1, 0.15) is 27.4 Å². The van der Waals surface area contributed by atoms with Crippen molar-refractivity contribution in [1.82, 2.24) is 4.90 Å². The monoisotopic (exact) mass is 283 g/mol. The highest BCUT2D eigenvalue weighted by Gasteiger charge is 2.13. The fourth-order valence-corrected chi connectivity index (χ4v) is 1.97. The number of nitrogens with zero attached hydrogens (tertiary/aromatic N) is 1. The Balaban J connectivity index is 2.11. The number of aryl methyl sites for hydroxylation is 1. The summed E-state index contributed by atoms with van der Waals surface area (Å²) >= 11 is 0. The predicted molar refractivity (Wildman–Crippen MR) is 79.6 cm³/mol. The highest BCUT2D eigenvalue weighted by atomic mass is 16.3. The van der Waals surface area contributed by atoms with Gasteiger partial charge in [-0.2, -0.15) is 0 Å². The maximum atomic E-state index is 12.4. The maximum Gasteiger partial charge on any atom is 0.254 e. The minimum Gasteiger partial charge on any atom is -0.464 e. The lowest BCUT2D eigenvalue weighted by Gasteiger charge is -2.15. The zero-order chi connectivity index (χ0) is 15.2. The Bertz CT molecular complexity index is 691. The molecule has 0 aliphatic rings. The zero-order valence-corrected chi connectivity index (χ0v) is 12.1. The van der Waals surface area contributed by atoms with Crippen molar-refractivity contribution in [1.29, 1.82) is 0 Å². The average Bonchev–Trinajstić information content (AvgIpc) is 2.89. The van der Waals surface area contributed by atoms with Crippen LogP contribution in [-0.2, 0) is 6.54 Å². The smallest absolute Gasteiger partial charge is 0.254 e. The fraction of sp³-hybridized carbons (Fsp3) is 0.235. The van der Waals surface area contributed by atoms with Crippen LogP contribution in [0.3, 0.4) is 0 Å². The number of amides is 1. The second-order valence-corrected chi connectivity index (χ2v) is 4.71. The van der Waals surface area contributed by atoms with Crippen LogP contribution in [0.2, 0.25) is 0 Å². The molecule has 1 heterocycles. The first kappa shape index (κ1) is 14.9. The van der Waals surface area contributed by atoms with Gasteiger partial charge in [-0.05, 0) is 37.3 Å². The lowest BCUT2D eigenvalue weighted by atomic mass is 10.1. The largest absolute Gasteiger partial charge is 0.464 e. The SMILES string of the molecule is Cc1ccc(CN(C)C(=O)c2cccc(C#CCO)c2)o1. The number of carbonyl (C=O) groups excluding carboxylic acids is 1. The van der Waals surface area contributed by atoms with Gasteiger partial charge in [-0.25, -0.2) is 0 Å². The minimum absolute atomic E-state index is 0.100. The summed E-state index contributed by atoms with van der Waals surface area (Å²) in [4.78, 5) is 14.0. The van der Waals surface area contributed by atoms with Gasteiger partial charge < -0.3 is 14.4 Å². The van der Waals surface area contributed by atoms with Gasteiger partial charge in [0.2, 0.25) is 0 Å². The van der Waals surface area contributed by atoms with Crippen LogP contribution < -0.4 is 0 Å². The zero-order valence-electron chi connectivity index (χ0n) is 12.1. The second-order valence-electron chi connectivity index (χ2n) is 4.71. The van der Waals surface area contributed by atoms with E-state index in [1.807, 2.05) is 19.1 Å². The number of aliphatic hydroxyl groups excluding tert-OH is 1. The Labute approximate surface area is 124 Å². The van der Waals surface area contributed by atoms with Gasteiger partial charge in [0.05, 0.1) is 6.54 Å². The lowest BCUT2D eigenvalue weighted by Crippen LogP contribution is -2.26. The van der Waals surface area contributed by atoms with Gasteiger partial charge in [0, 0.05) is 18.2 Å². The van der Waals surface area contributed by atoms with E-state index in [0.717, 1.165) is 11.5 Å². The molecule has 1 aromatic carbocycles. The summed E-state index contributed by atoms with van der Waals surface area (Å²) in [6.45, 7) is 2.09. The fourth-order valence-electron chi connectivity index (χ4n) is 1.97. The van der Waals surface area contributed by atoms with E-state index in [1.54, 1.807) is 36.2 Å². The normalized spacial score (nSPS) is 9.86. The molecule has 1 amide bonds. The van der Waals surface area contributed by atoms with Crippen molar-refractivity contribution < 1.29 is 14.3 Å². The molecule has 2 rings (SSSR count). The van der Waals surface area contributed by atoms with E-state index in [1.165, 1.54) is 0 Å². The molecule has 0 aliphatic carbocycles. The molecule has 0 atom stereocenters. The van der Waals surface area contributed by atoms with Gasteiger partial charge in [-0.15, -0.1) is 0 Å². The van der Waals surface area contributed by atoms with Crippen molar-refractivity contribution in [2.75, 3.05) is 13.7 Å². The Morgan fingerprint density at radius 3 is 2.81 bits per heavy atom. The number of furan rings is 1. The van der Waals surface area contributed by atoms with Gasteiger partial charge in [0.25, 0.3) is 5.91 Å². The van der Waals surface area contributed by atoms with E-state index >= 15 is 0 Å². The summed E-state index contributed by atoms with van der Waals surface area (Å²) in [5.74, 6) is 6.84. The third-order valence-corrected chi connectivity index (χ3v) is 2.96. The van der Waals surface area contributed by atoms with Crippen LogP contribution in [0.15, 0.2) is 40.8 Å². The molecule has 108 valence electrons. The molecule has 4 heteroatoms. The topological polar surface area (TPSA) is 53.7 Å². The molecular formula is C17H17NO3. The molecule has 0 fully saturated rings. The summed E-state index contributed by atoms with van der Waals surface area (Å²) < 4.78 is 5.47. The van der Waals surface area contributed by atoms with E-state index in [-0.39, 0.29) is 12.5 Å². The molecule has 0 bridgehead atoms. The van der Waals surface area contributed by atoms with E-state index in [9.17, 15) is 4.79 Å².